The predicted octanol–water partition coefficient (Wildman–Crippen LogP) is 2.91. The molecule has 2 rings (SSSR count). The summed E-state index contributed by atoms with van der Waals surface area (Å²) in [6.07, 6.45) is 5.76. The highest BCUT2D eigenvalue weighted by atomic mass is 16.5. The van der Waals surface area contributed by atoms with Crippen LogP contribution in [0.5, 0.6) is 5.75 Å². The van der Waals surface area contributed by atoms with Gasteiger partial charge in [-0.3, -0.25) is 0 Å². The second-order valence-corrected chi connectivity index (χ2v) is 5.32. The van der Waals surface area contributed by atoms with Gasteiger partial charge >= 0.3 is 0 Å². The summed E-state index contributed by atoms with van der Waals surface area (Å²) in [5.74, 6) is 0.919. The van der Waals surface area contributed by atoms with Gasteiger partial charge in [0, 0.05) is 12.6 Å². The fourth-order valence-electron chi connectivity index (χ4n) is 2.30. The van der Waals surface area contributed by atoms with Crippen LogP contribution in [0.4, 0.5) is 0 Å². The maximum atomic E-state index is 5.95. The number of benzene rings is 1. The third-order valence-corrected chi connectivity index (χ3v) is 3.66. The van der Waals surface area contributed by atoms with Crippen LogP contribution < -0.4 is 10.5 Å². The number of rotatable bonds is 6. The zero-order chi connectivity index (χ0) is 13.5. The van der Waals surface area contributed by atoms with Crippen molar-refractivity contribution in [3.05, 3.63) is 29.8 Å². The third-order valence-electron chi connectivity index (χ3n) is 3.66. The average Bonchev–Trinajstić information content (AvgIpc) is 2.47. The van der Waals surface area contributed by atoms with Crippen LogP contribution in [0.25, 0.3) is 0 Å². The van der Waals surface area contributed by atoms with E-state index in [1.165, 1.54) is 18.4 Å². The standard InChI is InChI=1S/C16H25NO2/c1-2-14(17)11-13-6-8-15(9-7-13)19-12-16-5-3-4-10-18-16/h6-9,14,16H,2-5,10-12,17H2,1H3. The Labute approximate surface area is 116 Å². The molecule has 1 saturated heterocycles. The maximum Gasteiger partial charge on any atom is 0.119 e. The number of nitrogens with two attached hydrogens (primary N) is 1. The minimum Gasteiger partial charge on any atom is -0.491 e. The van der Waals surface area contributed by atoms with Crippen LogP contribution in [0.3, 0.4) is 0 Å². The molecule has 2 N–H and O–H groups in total. The summed E-state index contributed by atoms with van der Waals surface area (Å²) in [4.78, 5) is 0. The van der Waals surface area contributed by atoms with Crippen molar-refractivity contribution in [2.75, 3.05) is 13.2 Å². The first-order chi connectivity index (χ1) is 9.28. The van der Waals surface area contributed by atoms with Crippen LogP contribution >= 0.6 is 0 Å². The van der Waals surface area contributed by atoms with E-state index in [4.69, 9.17) is 15.2 Å². The molecule has 0 amide bonds. The fourth-order valence-corrected chi connectivity index (χ4v) is 2.30. The highest BCUT2D eigenvalue weighted by Gasteiger charge is 2.14. The molecule has 0 aliphatic carbocycles. The SMILES string of the molecule is CCC(N)Cc1ccc(OCC2CCCCO2)cc1. The molecule has 1 aliphatic heterocycles. The largest absolute Gasteiger partial charge is 0.491 e. The highest BCUT2D eigenvalue weighted by molar-refractivity contribution is 5.27. The molecule has 3 nitrogen and oxygen atoms in total. The molecule has 0 aromatic heterocycles. The molecule has 0 spiro atoms. The molecule has 1 aromatic rings. The molecule has 19 heavy (non-hydrogen) atoms. The van der Waals surface area contributed by atoms with E-state index in [2.05, 4.69) is 19.1 Å². The van der Waals surface area contributed by atoms with Gasteiger partial charge in [-0.05, 0) is 49.8 Å². The molecular formula is C16H25NO2. The van der Waals surface area contributed by atoms with E-state index in [0.29, 0.717) is 6.61 Å². The topological polar surface area (TPSA) is 44.5 Å². The summed E-state index contributed by atoms with van der Waals surface area (Å²) in [6.45, 7) is 3.65. The monoisotopic (exact) mass is 263 g/mol. The summed E-state index contributed by atoms with van der Waals surface area (Å²) in [7, 11) is 0. The van der Waals surface area contributed by atoms with Crippen molar-refractivity contribution < 1.29 is 9.47 Å². The fraction of sp³-hybridized carbons (Fsp3) is 0.625. The molecule has 0 bridgehead atoms. The van der Waals surface area contributed by atoms with Crippen molar-refractivity contribution >= 4 is 0 Å². The minimum absolute atomic E-state index is 0.252. The van der Waals surface area contributed by atoms with Crippen molar-refractivity contribution in [3.8, 4) is 5.75 Å². The summed E-state index contributed by atoms with van der Waals surface area (Å²) in [5, 5.41) is 0. The molecule has 2 atom stereocenters. The maximum absolute atomic E-state index is 5.95. The molecular weight excluding hydrogens is 238 g/mol. The van der Waals surface area contributed by atoms with Crippen LogP contribution in [0.2, 0.25) is 0 Å². The Bertz CT molecular complexity index is 358. The lowest BCUT2D eigenvalue weighted by Crippen LogP contribution is -2.25. The van der Waals surface area contributed by atoms with Gasteiger partial charge in [0.2, 0.25) is 0 Å². The summed E-state index contributed by atoms with van der Waals surface area (Å²) in [5.41, 5.74) is 7.23. The quantitative estimate of drug-likeness (QED) is 0.858. The Morgan fingerprint density at radius 3 is 2.74 bits per heavy atom. The van der Waals surface area contributed by atoms with Crippen molar-refractivity contribution in [3.63, 3.8) is 0 Å². The van der Waals surface area contributed by atoms with Crippen LogP contribution in [0, 0.1) is 0 Å². The zero-order valence-corrected chi connectivity index (χ0v) is 11.8. The van der Waals surface area contributed by atoms with Crippen LogP contribution in [0.1, 0.15) is 38.2 Å². The Morgan fingerprint density at radius 1 is 1.32 bits per heavy atom. The van der Waals surface area contributed by atoms with Gasteiger partial charge in [0.05, 0.1) is 6.10 Å². The zero-order valence-electron chi connectivity index (χ0n) is 11.8. The van der Waals surface area contributed by atoms with E-state index in [-0.39, 0.29) is 12.1 Å². The Hall–Kier alpha value is -1.06. The Morgan fingerprint density at radius 2 is 2.11 bits per heavy atom. The van der Waals surface area contributed by atoms with Gasteiger partial charge in [0.15, 0.2) is 0 Å². The number of hydrogen-bond donors (Lipinski definition) is 1. The molecule has 2 unspecified atom stereocenters. The molecule has 0 saturated carbocycles. The van der Waals surface area contributed by atoms with Crippen LogP contribution in [-0.2, 0) is 11.2 Å². The Balaban J connectivity index is 1.77. The van der Waals surface area contributed by atoms with Gasteiger partial charge in [-0.1, -0.05) is 19.1 Å². The average molecular weight is 263 g/mol. The first kappa shape index (κ1) is 14.4. The molecule has 1 fully saturated rings. The predicted molar refractivity (Wildman–Crippen MR) is 77.5 cm³/mol. The second-order valence-electron chi connectivity index (χ2n) is 5.32. The lowest BCUT2D eigenvalue weighted by atomic mass is 10.0. The van der Waals surface area contributed by atoms with E-state index in [1.807, 2.05) is 12.1 Å². The van der Waals surface area contributed by atoms with E-state index >= 15 is 0 Å². The lowest BCUT2D eigenvalue weighted by molar-refractivity contribution is -0.0110. The number of ether oxygens (including phenoxy) is 2. The second kappa shape index (κ2) is 7.51. The van der Waals surface area contributed by atoms with Crippen LogP contribution in [0.15, 0.2) is 24.3 Å². The van der Waals surface area contributed by atoms with E-state index in [9.17, 15) is 0 Å². The molecule has 1 heterocycles. The first-order valence-corrected chi connectivity index (χ1v) is 7.37. The minimum atomic E-state index is 0.252. The number of hydrogen-bond acceptors (Lipinski definition) is 3. The highest BCUT2D eigenvalue weighted by Crippen LogP contribution is 2.17. The van der Waals surface area contributed by atoms with Gasteiger partial charge in [0.1, 0.15) is 12.4 Å². The van der Waals surface area contributed by atoms with Crippen molar-refractivity contribution in [2.24, 2.45) is 5.73 Å². The summed E-state index contributed by atoms with van der Waals surface area (Å²) in [6, 6.07) is 8.52. The van der Waals surface area contributed by atoms with E-state index in [0.717, 1.165) is 31.6 Å². The van der Waals surface area contributed by atoms with E-state index < -0.39 is 0 Å². The van der Waals surface area contributed by atoms with Crippen LogP contribution in [-0.4, -0.2) is 25.4 Å². The molecule has 1 aliphatic rings. The molecule has 3 heteroatoms. The summed E-state index contributed by atoms with van der Waals surface area (Å²) >= 11 is 0. The van der Waals surface area contributed by atoms with Crippen molar-refractivity contribution in [2.45, 2.75) is 51.2 Å². The van der Waals surface area contributed by atoms with Crippen molar-refractivity contribution in [1.29, 1.82) is 0 Å². The Kier molecular flexibility index (Phi) is 5.67. The molecule has 106 valence electrons. The van der Waals surface area contributed by atoms with Gasteiger partial charge in [-0.25, -0.2) is 0 Å². The normalized spacial score (nSPS) is 21.1. The van der Waals surface area contributed by atoms with Gasteiger partial charge < -0.3 is 15.2 Å². The van der Waals surface area contributed by atoms with E-state index in [1.54, 1.807) is 0 Å². The lowest BCUT2D eigenvalue weighted by Gasteiger charge is -2.22. The first-order valence-electron chi connectivity index (χ1n) is 7.37. The third kappa shape index (κ3) is 4.84. The van der Waals surface area contributed by atoms with Gasteiger partial charge in [-0.15, -0.1) is 0 Å². The van der Waals surface area contributed by atoms with Crippen molar-refractivity contribution in [1.82, 2.24) is 0 Å². The van der Waals surface area contributed by atoms with Gasteiger partial charge in [0.25, 0.3) is 0 Å². The summed E-state index contributed by atoms with van der Waals surface area (Å²) < 4.78 is 11.4. The molecule has 1 aromatic carbocycles. The smallest absolute Gasteiger partial charge is 0.119 e. The molecule has 0 radical (unpaired) electrons. The van der Waals surface area contributed by atoms with Gasteiger partial charge in [-0.2, -0.15) is 0 Å².